The van der Waals surface area contributed by atoms with Gasteiger partial charge in [-0.25, -0.2) is 9.98 Å². The van der Waals surface area contributed by atoms with Crippen molar-refractivity contribution in [3.63, 3.8) is 0 Å². The average Bonchev–Trinajstić information content (AvgIpc) is 3.32. The number of nitrogens with zero attached hydrogens (tertiary/aromatic N) is 3. The van der Waals surface area contributed by atoms with Crippen molar-refractivity contribution in [1.29, 1.82) is 0 Å². The van der Waals surface area contributed by atoms with E-state index in [9.17, 15) is 0 Å². The van der Waals surface area contributed by atoms with E-state index in [-0.39, 0.29) is 0 Å². The van der Waals surface area contributed by atoms with E-state index in [0.717, 1.165) is 43.0 Å². The summed E-state index contributed by atoms with van der Waals surface area (Å²) < 4.78 is 5.70. The topological polar surface area (TPSA) is 49.8 Å². The van der Waals surface area contributed by atoms with Gasteiger partial charge in [-0.1, -0.05) is 12.5 Å². The van der Waals surface area contributed by atoms with Gasteiger partial charge >= 0.3 is 0 Å². The Morgan fingerprint density at radius 2 is 2.24 bits per heavy atom. The summed E-state index contributed by atoms with van der Waals surface area (Å²) in [7, 11) is 0. The van der Waals surface area contributed by atoms with E-state index in [0.29, 0.717) is 12.0 Å². The van der Waals surface area contributed by atoms with Crippen LogP contribution in [-0.4, -0.2) is 42.1 Å². The van der Waals surface area contributed by atoms with Gasteiger partial charge in [-0.2, -0.15) is 0 Å². The van der Waals surface area contributed by atoms with Crippen LogP contribution in [0.4, 0.5) is 0 Å². The van der Waals surface area contributed by atoms with Crippen molar-refractivity contribution in [2.24, 2.45) is 16.3 Å². The van der Waals surface area contributed by atoms with Crippen LogP contribution >= 0.6 is 0 Å². The predicted molar refractivity (Wildman–Crippen MR) is 99.7 cm³/mol. The van der Waals surface area contributed by atoms with E-state index in [1.165, 1.54) is 45.1 Å². The highest BCUT2D eigenvalue weighted by Crippen LogP contribution is 2.47. The van der Waals surface area contributed by atoms with E-state index in [1.807, 2.05) is 12.3 Å². The molecule has 4 rings (SSSR count). The molecule has 3 fully saturated rings. The quantitative estimate of drug-likeness (QED) is 0.637. The molecule has 2 aliphatic carbocycles. The zero-order valence-electron chi connectivity index (χ0n) is 15.3. The minimum absolute atomic E-state index is 0.596. The van der Waals surface area contributed by atoms with Crippen molar-refractivity contribution in [2.45, 2.75) is 52.0 Å². The average molecular weight is 342 g/mol. The second kappa shape index (κ2) is 7.22. The number of hydrogen-bond donors (Lipinski definition) is 1. The standard InChI is InChI=1S/C20H30N4O/c1-2-21-19(24-11-10-20(15-24)8-3-9-20)23-13-17-6-7-18(22-12-17)25-14-16-4-5-16/h6-7,12,16H,2-5,8-11,13-15H2,1H3,(H,21,23). The first kappa shape index (κ1) is 16.7. The zero-order valence-corrected chi connectivity index (χ0v) is 15.3. The van der Waals surface area contributed by atoms with E-state index < -0.39 is 0 Å². The van der Waals surface area contributed by atoms with Crippen LogP contribution in [0.2, 0.25) is 0 Å². The molecule has 0 unspecified atom stereocenters. The molecule has 136 valence electrons. The molecule has 2 saturated carbocycles. The smallest absolute Gasteiger partial charge is 0.213 e. The number of pyridine rings is 1. The Balaban J connectivity index is 1.34. The monoisotopic (exact) mass is 342 g/mol. The van der Waals surface area contributed by atoms with Crippen LogP contribution in [0, 0.1) is 11.3 Å². The number of aromatic nitrogens is 1. The minimum atomic E-state index is 0.596. The van der Waals surface area contributed by atoms with E-state index in [4.69, 9.17) is 9.73 Å². The third-order valence-electron chi connectivity index (χ3n) is 5.86. The SMILES string of the molecule is CCNC(=NCc1ccc(OCC2CC2)nc1)N1CCC2(CCC2)C1. The normalized spacial score (nSPS) is 22.1. The van der Waals surface area contributed by atoms with Crippen LogP contribution in [0.25, 0.3) is 0 Å². The Hall–Kier alpha value is -1.78. The maximum Gasteiger partial charge on any atom is 0.213 e. The molecule has 5 nitrogen and oxygen atoms in total. The van der Waals surface area contributed by atoms with Crippen LogP contribution < -0.4 is 10.1 Å². The molecule has 1 saturated heterocycles. The van der Waals surface area contributed by atoms with Crippen molar-refractivity contribution in [2.75, 3.05) is 26.2 Å². The third-order valence-corrected chi connectivity index (χ3v) is 5.86. The number of nitrogens with one attached hydrogen (secondary N) is 1. The Kier molecular flexibility index (Phi) is 4.82. The summed E-state index contributed by atoms with van der Waals surface area (Å²) in [5.41, 5.74) is 1.73. The van der Waals surface area contributed by atoms with Gasteiger partial charge in [0.05, 0.1) is 13.2 Å². The summed E-state index contributed by atoms with van der Waals surface area (Å²) in [5.74, 6) is 2.55. The second-order valence-corrected chi connectivity index (χ2v) is 7.95. The summed E-state index contributed by atoms with van der Waals surface area (Å²) in [6.07, 6.45) is 10.0. The first-order chi connectivity index (χ1) is 12.3. The highest BCUT2D eigenvalue weighted by atomic mass is 16.5. The van der Waals surface area contributed by atoms with E-state index >= 15 is 0 Å². The number of rotatable bonds is 6. The van der Waals surface area contributed by atoms with Crippen molar-refractivity contribution in [1.82, 2.24) is 15.2 Å². The van der Waals surface area contributed by atoms with Gasteiger partial charge in [-0.05, 0) is 55.9 Å². The molecule has 0 radical (unpaired) electrons. The largest absolute Gasteiger partial charge is 0.477 e. The highest BCUT2D eigenvalue weighted by Gasteiger charge is 2.43. The Morgan fingerprint density at radius 1 is 1.36 bits per heavy atom. The maximum absolute atomic E-state index is 5.70. The molecule has 3 aliphatic rings. The molecular weight excluding hydrogens is 312 g/mol. The van der Waals surface area contributed by atoms with Gasteiger partial charge in [0.1, 0.15) is 0 Å². The molecule has 25 heavy (non-hydrogen) atoms. The molecule has 1 spiro atoms. The summed E-state index contributed by atoms with van der Waals surface area (Å²) >= 11 is 0. The summed E-state index contributed by atoms with van der Waals surface area (Å²) in [6, 6.07) is 4.05. The Bertz CT molecular complexity index is 605. The molecule has 5 heteroatoms. The fourth-order valence-electron chi connectivity index (χ4n) is 3.87. The molecule has 1 N–H and O–H groups in total. The first-order valence-electron chi connectivity index (χ1n) is 9.87. The van der Waals surface area contributed by atoms with Crippen LogP contribution in [0.15, 0.2) is 23.3 Å². The maximum atomic E-state index is 5.70. The van der Waals surface area contributed by atoms with E-state index in [1.54, 1.807) is 0 Å². The molecular formula is C20H30N4O. The molecule has 0 aromatic carbocycles. The summed E-state index contributed by atoms with van der Waals surface area (Å²) in [4.78, 5) is 11.7. The molecule has 1 aromatic heterocycles. The Morgan fingerprint density at radius 3 is 2.84 bits per heavy atom. The van der Waals surface area contributed by atoms with Crippen LogP contribution in [0.3, 0.4) is 0 Å². The molecule has 0 amide bonds. The zero-order chi connectivity index (χ0) is 17.1. The summed E-state index contributed by atoms with van der Waals surface area (Å²) in [5, 5.41) is 3.46. The van der Waals surface area contributed by atoms with Crippen molar-refractivity contribution >= 4 is 5.96 Å². The second-order valence-electron chi connectivity index (χ2n) is 7.95. The van der Waals surface area contributed by atoms with Gasteiger partial charge in [0.25, 0.3) is 0 Å². The third kappa shape index (κ3) is 4.07. The fourth-order valence-corrected chi connectivity index (χ4v) is 3.87. The van der Waals surface area contributed by atoms with Crippen LogP contribution in [0.5, 0.6) is 5.88 Å². The number of likely N-dealkylation sites (tertiary alicyclic amines) is 1. The van der Waals surface area contributed by atoms with Gasteiger partial charge in [0.2, 0.25) is 5.88 Å². The molecule has 1 aromatic rings. The number of guanidine groups is 1. The predicted octanol–water partition coefficient (Wildman–Crippen LogP) is 3.21. The van der Waals surface area contributed by atoms with Gasteiger partial charge < -0.3 is 15.0 Å². The molecule has 2 heterocycles. The van der Waals surface area contributed by atoms with Crippen molar-refractivity contribution < 1.29 is 4.74 Å². The number of aliphatic imine (C=N–C) groups is 1. The minimum Gasteiger partial charge on any atom is -0.477 e. The Labute approximate surface area is 150 Å². The number of ether oxygens (including phenoxy) is 1. The van der Waals surface area contributed by atoms with E-state index in [2.05, 4.69) is 28.2 Å². The fraction of sp³-hybridized carbons (Fsp3) is 0.700. The van der Waals surface area contributed by atoms with Crippen molar-refractivity contribution in [3.05, 3.63) is 23.9 Å². The lowest BCUT2D eigenvalue weighted by Gasteiger charge is -2.38. The molecule has 1 aliphatic heterocycles. The van der Waals surface area contributed by atoms with Crippen molar-refractivity contribution in [3.8, 4) is 5.88 Å². The van der Waals surface area contributed by atoms with Crippen LogP contribution in [0.1, 0.15) is 51.0 Å². The van der Waals surface area contributed by atoms with Crippen LogP contribution in [-0.2, 0) is 6.54 Å². The lowest BCUT2D eigenvalue weighted by molar-refractivity contribution is 0.151. The van der Waals surface area contributed by atoms with Gasteiger partial charge in [-0.15, -0.1) is 0 Å². The highest BCUT2D eigenvalue weighted by molar-refractivity contribution is 5.80. The molecule has 0 bridgehead atoms. The summed E-state index contributed by atoms with van der Waals surface area (Å²) in [6.45, 7) is 6.84. The molecule has 0 atom stereocenters. The lowest BCUT2D eigenvalue weighted by Crippen LogP contribution is -2.42. The van der Waals surface area contributed by atoms with Gasteiger partial charge in [0, 0.05) is 31.9 Å². The first-order valence-corrected chi connectivity index (χ1v) is 9.87. The lowest BCUT2D eigenvalue weighted by atomic mass is 9.68. The van der Waals surface area contributed by atoms with Gasteiger partial charge in [0.15, 0.2) is 5.96 Å². The van der Waals surface area contributed by atoms with Gasteiger partial charge in [-0.3, -0.25) is 0 Å². The number of hydrogen-bond acceptors (Lipinski definition) is 3.